The molecule has 0 spiro atoms. The van der Waals surface area contributed by atoms with Crippen molar-refractivity contribution >= 4 is 23.5 Å². The largest absolute Gasteiger partial charge is 0.493 e. The lowest BCUT2D eigenvalue weighted by Gasteiger charge is -2.12. The number of rotatable bonds is 9. The molecule has 0 aliphatic carbocycles. The Morgan fingerprint density at radius 3 is 2.56 bits per heavy atom. The van der Waals surface area contributed by atoms with Gasteiger partial charge in [-0.2, -0.15) is 0 Å². The Balaban J connectivity index is 1.97. The highest BCUT2D eigenvalue weighted by Gasteiger charge is 2.14. The highest BCUT2D eigenvalue weighted by atomic mass is 35.5. The second-order valence-electron chi connectivity index (χ2n) is 5.45. The van der Waals surface area contributed by atoms with Gasteiger partial charge < -0.3 is 19.5 Å². The third kappa shape index (κ3) is 6.34. The zero-order valence-electron chi connectivity index (χ0n) is 14.9. The van der Waals surface area contributed by atoms with Crippen LogP contribution in [-0.4, -0.2) is 32.1 Å². The third-order valence-electron chi connectivity index (χ3n) is 3.48. The summed E-state index contributed by atoms with van der Waals surface area (Å²) in [5.74, 6) is -0.174. The number of ether oxygens (including phenoxy) is 3. The van der Waals surface area contributed by atoms with E-state index in [2.05, 4.69) is 11.9 Å². The molecule has 2 rings (SSSR count). The summed E-state index contributed by atoms with van der Waals surface area (Å²) in [5, 5.41) is 3.17. The Kier molecular flexibility index (Phi) is 7.70. The SMILES string of the molecule is C=CCNC(=O)COC(=O)c1ccc(OCc2ccc(Cl)cc2)c(OC)c1. The molecule has 0 bridgehead atoms. The lowest BCUT2D eigenvalue weighted by Crippen LogP contribution is -2.28. The molecule has 7 heteroatoms. The van der Waals surface area contributed by atoms with Crippen molar-refractivity contribution in [1.29, 1.82) is 0 Å². The number of nitrogens with one attached hydrogen (secondary N) is 1. The number of methoxy groups -OCH3 is 1. The Morgan fingerprint density at radius 1 is 1.15 bits per heavy atom. The normalized spacial score (nSPS) is 10.0. The van der Waals surface area contributed by atoms with E-state index in [0.717, 1.165) is 5.56 Å². The van der Waals surface area contributed by atoms with Crippen LogP contribution in [0.1, 0.15) is 15.9 Å². The molecule has 0 radical (unpaired) electrons. The summed E-state index contributed by atoms with van der Waals surface area (Å²) in [4.78, 5) is 23.5. The van der Waals surface area contributed by atoms with E-state index in [1.165, 1.54) is 19.3 Å². The van der Waals surface area contributed by atoms with Crippen LogP contribution in [0.25, 0.3) is 0 Å². The first-order chi connectivity index (χ1) is 13.0. The lowest BCUT2D eigenvalue weighted by atomic mass is 10.2. The number of benzene rings is 2. The van der Waals surface area contributed by atoms with Gasteiger partial charge in [0.05, 0.1) is 12.7 Å². The van der Waals surface area contributed by atoms with Gasteiger partial charge in [0.15, 0.2) is 18.1 Å². The van der Waals surface area contributed by atoms with E-state index in [1.807, 2.05) is 12.1 Å². The molecule has 0 unspecified atom stereocenters. The molecule has 0 saturated heterocycles. The maximum atomic E-state index is 12.1. The quantitative estimate of drug-likeness (QED) is 0.525. The van der Waals surface area contributed by atoms with Crippen LogP contribution < -0.4 is 14.8 Å². The van der Waals surface area contributed by atoms with Gasteiger partial charge in [-0.15, -0.1) is 6.58 Å². The van der Waals surface area contributed by atoms with Crippen molar-refractivity contribution in [2.45, 2.75) is 6.61 Å². The van der Waals surface area contributed by atoms with Gasteiger partial charge in [0.1, 0.15) is 6.61 Å². The highest BCUT2D eigenvalue weighted by molar-refractivity contribution is 6.30. The Hall–Kier alpha value is -2.99. The first kappa shape index (κ1) is 20.3. The van der Waals surface area contributed by atoms with Crippen molar-refractivity contribution in [1.82, 2.24) is 5.32 Å². The van der Waals surface area contributed by atoms with E-state index in [1.54, 1.807) is 24.3 Å². The summed E-state index contributed by atoms with van der Waals surface area (Å²) in [6.07, 6.45) is 1.54. The fourth-order valence-corrected chi connectivity index (χ4v) is 2.23. The fraction of sp³-hybridized carbons (Fsp3) is 0.200. The van der Waals surface area contributed by atoms with Crippen molar-refractivity contribution in [3.05, 3.63) is 71.3 Å². The molecule has 142 valence electrons. The fourth-order valence-electron chi connectivity index (χ4n) is 2.11. The second-order valence-corrected chi connectivity index (χ2v) is 5.89. The molecule has 2 aromatic rings. The van der Waals surface area contributed by atoms with Gasteiger partial charge in [0.2, 0.25) is 0 Å². The van der Waals surface area contributed by atoms with Gasteiger partial charge in [-0.3, -0.25) is 4.79 Å². The van der Waals surface area contributed by atoms with Crippen LogP contribution in [-0.2, 0) is 16.1 Å². The molecule has 0 fully saturated rings. The maximum absolute atomic E-state index is 12.1. The maximum Gasteiger partial charge on any atom is 0.338 e. The van der Waals surface area contributed by atoms with Crippen LogP contribution in [0.15, 0.2) is 55.1 Å². The predicted molar refractivity (Wildman–Crippen MR) is 102 cm³/mol. The van der Waals surface area contributed by atoms with Crippen LogP contribution in [0.4, 0.5) is 0 Å². The summed E-state index contributed by atoms with van der Waals surface area (Å²) in [6.45, 7) is 3.75. The smallest absolute Gasteiger partial charge is 0.338 e. The van der Waals surface area contributed by atoms with Crippen LogP contribution in [0.3, 0.4) is 0 Å². The van der Waals surface area contributed by atoms with Crippen LogP contribution >= 0.6 is 11.6 Å². The Bertz CT molecular complexity index is 805. The van der Waals surface area contributed by atoms with Gasteiger partial charge in [-0.05, 0) is 35.9 Å². The third-order valence-corrected chi connectivity index (χ3v) is 3.74. The van der Waals surface area contributed by atoms with E-state index in [-0.39, 0.29) is 12.2 Å². The summed E-state index contributed by atoms with van der Waals surface area (Å²) in [5.41, 5.74) is 1.19. The summed E-state index contributed by atoms with van der Waals surface area (Å²) < 4.78 is 16.0. The van der Waals surface area contributed by atoms with Gasteiger partial charge in [0.25, 0.3) is 5.91 Å². The van der Waals surface area contributed by atoms with E-state index >= 15 is 0 Å². The number of halogens is 1. The first-order valence-electron chi connectivity index (χ1n) is 8.13. The number of carbonyl (C=O) groups is 2. The zero-order valence-corrected chi connectivity index (χ0v) is 15.6. The topological polar surface area (TPSA) is 73.9 Å². The van der Waals surface area contributed by atoms with E-state index in [0.29, 0.717) is 29.7 Å². The Morgan fingerprint density at radius 2 is 1.89 bits per heavy atom. The number of esters is 1. The molecule has 2 aromatic carbocycles. The molecule has 0 aliphatic rings. The minimum absolute atomic E-state index is 0.252. The number of carbonyl (C=O) groups excluding carboxylic acids is 2. The highest BCUT2D eigenvalue weighted by Crippen LogP contribution is 2.29. The molecule has 0 heterocycles. The standard InChI is InChI=1S/C20H20ClNO5/c1-3-10-22-19(23)13-27-20(24)15-6-9-17(18(11-15)25-2)26-12-14-4-7-16(21)8-5-14/h3-9,11H,1,10,12-13H2,2H3,(H,22,23). The monoisotopic (exact) mass is 389 g/mol. The minimum atomic E-state index is -0.633. The molecular formula is C20H20ClNO5. The molecule has 0 saturated carbocycles. The average molecular weight is 390 g/mol. The van der Waals surface area contributed by atoms with Gasteiger partial charge in [-0.1, -0.05) is 29.8 Å². The molecule has 0 aromatic heterocycles. The van der Waals surface area contributed by atoms with E-state index in [4.69, 9.17) is 25.8 Å². The number of hydrogen-bond donors (Lipinski definition) is 1. The molecule has 1 N–H and O–H groups in total. The number of hydrogen-bond acceptors (Lipinski definition) is 5. The number of amides is 1. The summed E-state index contributed by atoms with van der Waals surface area (Å²) in [6, 6.07) is 11.9. The van der Waals surface area contributed by atoms with Gasteiger partial charge in [0, 0.05) is 11.6 Å². The molecule has 0 atom stereocenters. The van der Waals surface area contributed by atoms with E-state index in [9.17, 15) is 9.59 Å². The minimum Gasteiger partial charge on any atom is -0.493 e. The summed E-state index contributed by atoms with van der Waals surface area (Å²) in [7, 11) is 1.47. The lowest BCUT2D eigenvalue weighted by molar-refractivity contribution is -0.124. The van der Waals surface area contributed by atoms with Crippen molar-refractivity contribution < 1.29 is 23.8 Å². The molecule has 6 nitrogen and oxygen atoms in total. The molecule has 1 amide bonds. The van der Waals surface area contributed by atoms with Crippen LogP contribution in [0, 0.1) is 0 Å². The molecular weight excluding hydrogens is 370 g/mol. The molecule has 0 aliphatic heterocycles. The Labute approximate surface area is 162 Å². The van der Waals surface area contributed by atoms with Crippen molar-refractivity contribution in [2.24, 2.45) is 0 Å². The van der Waals surface area contributed by atoms with Crippen molar-refractivity contribution in [3.8, 4) is 11.5 Å². The van der Waals surface area contributed by atoms with Gasteiger partial charge >= 0.3 is 5.97 Å². The summed E-state index contributed by atoms with van der Waals surface area (Å²) >= 11 is 5.86. The van der Waals surface area contributed by atoms with Crippen LogP contribution in [0.2, 0.25) is 5.02 Å². The van der Waals surface area contributed by atoms with Crippen molar-refractivity contribution in [3.63, 3.8) is 0 Å². The van der Waals surface area contributed by atoms with Crippen LogP contribution in [0.5, 0.6) is 11.5 Å². The second kappa shape index (κ2) is 10.2. The van der Waals surface area contributed by atoms with Gasteiger partial charge in [-0.25, -0.2) is 4.79 Å². The molecule has 27 heavy (non-hydrogen) atoms. The van der Waals surface area contributed by atoms with E-state index < -0.39 is 11.9 Å². The average Bonchev–Trinajstić information content (AvgIpc) is 2.69. The predicted octanol–water partition coefficient (Wildman–Crippen LogP) is 3.39. The zero-order chi connectivity index (χ0) is 19.6. The van der Waals surface area contributed by atoms with Crippen molar-refractivity contribution in [2.75, 3.05) is 20.3 Å². The first-order valence-corrected chi connectivity index (χ1v) is 8.51.